The van der Waals surface area contributed by atoms with Crippen LogP contribution in [0.15, 0.2) is 113 Å². The van der Waals surface area contributed by atoms with Crippen molar-refractivity contribution in [2.24, 2.45) is 0 Å². The lowest BCUT2D eigenvalue weighted by Gasteiger charge is -2.11. The van der Waals surface area contributed by atoms with Crippen molar-refractivity contribution in [3.63, 3.8) is 0 Å². The van der Waals surface area contributed by atoms with Crippen LogP contribution in [-0.4, -0.2) is 23.5 Å². The van der Waals surface area contributed by atoms with E-state index in [1.165, 1.54) is 23.1 Å². The molecule has 4 aromatic rings. The van der Waals surface area contributed by atoms with Crippen molar-refractivity contribution >= 4 is 58.3 Å². The van der Waals surface area contributed by atoms with Crippen LogP contribution < -0.4 is 16.0 Å². The van der Waals surface area contributed by atoms with Gasteiger partial charge >= 0.3 is 0 Å². The van der Waals surface area contributed by atoms with Crippen LogP contribution in [0.25, 0.3) is 6.08 Å². The van der Waals surface area contributed by atoms with E-state index in [4.69, 9.17) is 0 Å². The summed E-state index contributed by atoms with van der Waals surface area (Å²) in [6.07, 6.45) is 1.65. The fourth-order valence-electron chi connectivity index (χ4n) is 3.16. The second-order valence-corrected chi connectivity index (χ2v) is 9.60. The molecule has 0 bridgehead atoms. The van der Waals surface area contributed by atoms with E-state index in [9.17, 15) is 14.4 Å². The summed E-state index contributed by atoms with van der Waals surface area (Å²) in [6, 6.07) is 29.0. The molecule has 1 aromatic heterocycles. The number of thioether (sulfide) groups is 1. The Morgan fingerprint density at radius 1 is 0.750 bits per heavy atom. The van der Waals surface area contributed by atoms with Gasteiger partial charge in [0.05, 0.1) is 5.75 Å². The van der Waals surface area contributed by atoms with Crippen LogP contribution in [0.1, 0.15) is 15.2 Å². The van der Waals surface area contributed by atoms with Crippen molar-refractivity contribution in [3.8, 4) is 0 Å². The summed E-state index contributed by atoms with van der Waals surface area (Å²) in [5.74, 6) is -0.634. The SMILES string of the molecule is O=C(CSc1ccc(NC(=O)/C(=C/c2cccs2)NC(=O)c2ccccc2)cc1)Nc1ccccc1. The minimum absolute atomic E-state index is 0.0962. The van der Waals surface area contributed by atoms with Crippen LogP contribution in [0.2, 0.25) is 0 Å². The Kier molecular flexibility index (Phi) is 8.69. The van der Waals surface area contributed by atoms with Crippen molar-refractivity contribution in [2.75, 3.05) is 16.4 Å². The predicted octanol–water partition coefficient (Wildman–Crippen LogP) is 5.89. The number of benzene rings is 3. The smallest absolute Gasteiger partial charge is 0.272 e. The Labute approximate surface area is 217 Å². The van der Waals surface area contributed by atoms with E-state index >= 15 is 0 Å². The van der Waals surface area contributed by atoms with Crippen molar-refractivity contribution in [1.82, 2.24) is 5.32 Å². The van der Waals surface area contributed by atoms with Crippen molar-refractivity contribution in [2.45, 2.75) is 4.90 Å². The van der Waals surface area contributed by atoms with Gasteiger partial charge < -0.3 is 16.0 Å². The summed E-state index contributed by atoms with van der Waals surface area (Å²) in [6.45, 7) is 0. The lowest BCUT2D eigenvalue weighted by atomic mass is 10.2. The van der Waals surface area contributed by atoms with Gasteiger partial charge in [-0.2, -0.15) is 0 Å². The summed E-state index contributed by atoms with van der Waals surface area (Å²) in [4.78, 5) is 39.6. The topological polar surface area (TPSA) is 87.3 Å². The van der Waals surface area contributed by atoms with E-state index in [0.717, 1.165) is 15.5 Å². The second kappa shape index (κ2) is 12.5. The molecule has 36 heavy (non-hydrogen) atoms. The number of rotatable bonds is 9. The largest absolute Gasteiger partial charge is 0.325 e. The molecule has 0 spiro atoms. The molecule has 4 rings (SSSR count). The first-order valence-electron chi connectivity index (χ1n) is 11.1. The van der Waals surface area contributed by atoms with Gasteiger partial charge in [-0.1, -0.05) is 42.5 Å². The zero-order valence-corrected chi connectivity index (χ0v) is 20.8. The number of anilines is 2. The maximum absolute atomic E-state index is 13.0. The normalized spacial score (nSPS) is 10.9. The zero-order valence-electron chi connectivity index (χ0n) is 19.1. The molecule has 0 saturated carbocycles. The maximum atomic E-state index is 13.0. The quantitative estimate of drug-likeness (QED) is 0.192. The Bertz CT molecular complexity index is 1340. The maximum Gasteiger partial charge on any atom is 0.272 e. The van der Waals surface area contributed by atoms with Crippen LogP contribution in [0, 0.1) is 0 Å². The van der Waals surface area contributed by atoms with E-state index in [1.807, 2.05) is 66.0 Å². The molecule has 0 aliphatic heterocycles. The number of para-hydroxylation sites is 1. The minimum Gasteiger partial charge on any atom is -0.325 e. The highest BCUT2D eigenvalue weighted by Crippen LogP contribution is 2.21. The second-order valence-electron chi connectivity index (χ2n) is 7.57. The van der Waals surface area contributed by atoms with E-state index in [1.54, 1.807) is 42.5 Å². The Morgan fingerprint density at radius 2 is 1.42 bits per heavy atom. The standard InChI is InChI=1S/C28H23N3O3S2/c32-26(29-21-10-5-2-6-11-21)19-36-23-15-13-22(14-16-23)30-28(34)25(18-24-12-7-17-35-24)31-27(33)20-8-3-1-4-9-20/h1-18H,19H2,(H,29,32)(H,30,34)(H,31,33)/b25-18-. The number of nitrogens with one attached hydrogen (secondary N) is 3. The van der Waals surface area contributed by atoms with Crippen LogP contribution in [-0.2, 0) is 9.59 Å². The Balaban J connectivity index is 1.37. The fourth-order valence-corrected chi connectivity index (χ4v) is 4.51. The molecule has 0 fully saturated rings. The summed E-state index contributed by atoms with van der Waals surface area (Å²) in [5.41, 5.74) is 1.93. The molecule has 180 valence electrons. The predicted molar refractivity (Wildman–Crippen MR) is 147 cm³/mol. The van der Waals surface area contributed by atoms with E-state index in [0.29, 0.717) is 11.3 Å². The summed E-state index contributed by atoms with van der Waals surface area (Å²) in [7, 11) is 0. The number of carbonyl (C=O) groups is 3. The highest BCUT2D eigenvalue weighted by atomic mass is 32.2. The number of thiophene rings is 1. The molecule has 0 aliphatic carbocycles. The molecular formula is C28H23N3O3S2. The van der Waals surface area contributed by atoms with Crippen LogP contribution in [0.5, 0.6) is 0 Å². The number of amides is 3. The average Bonchev–Trinajstić information content (AvgIpc) is 3.42. The first kappa shape index (κ1) is 25.0. The van der Waals surface area contributed by atoms with Crippen LogP contribution in [0.3, 0.4) is 0 Å². The van der Waals surface area contributed by atoms with E-state index < -0.39 is 5.91 Å². The molecule has 0 radical (unpaired) electrons. The third-order valence-electron chi connectivity index (χ3n) is 4.90. The Hall–Kier alpha value is -4.14. The molecule has 6 nitrogen and oxygen atoms in total. The van der Waals surface area contributed by atoms with Crippen LogP contribution >= 0.6 is 23.1 Å². The molecule has 3 aromatic carbocycles. The van der Waals surface area contributed by atoms with Gasteiger partial charge in [0.25, 0.3) is 11.8 Å². The molecule has 8 heteroatoms. The first-order valence-corrected chi connectivity index (χ1v) is 12.9. The Morgan fingerprint density at radius 3 is 2.08 bits per heavy atom. The van der Waals surface area contributed by atoms with E-state index in [-0.39, 0.29) is 23.3 Å². The lowest BCUT2D eigenvalue weighted by Crippen LogP contribution is -2.30. The van der Waals surface area contributed by atoms with E-state index in [2.05, 4.69) is 16.0 Å². The van der Waals surface area contributed by atoms with Gasteiger partial charge in [-0.25, -0.2) is 0 Å². The first-order chi connectivity index (χ1) is 17.6. The molecule has 0 aliphatic rings. The van der Waals surface area contributed by atoms with Crippen molar-refractivity contribution in [3.05, 3.63) is 119 Å². The number of carbonyl (C=O) groups excluding carboxylic acids is 3. The van der Waals surface area contributed by atoms with Gasteiger partial charge in [0.1, 0.15) is 5.70 Å². The third-order valence-corrected chi connectivity index (χ3v) is 6.73. The van der Waals surface area contributed by atoms with Gasteiger partial charge in [-0.15, -0.1) is 23.1 Å². The minimum atomic E-state index is -0.435. The van der Waals surface area contributed by atoms with Gasteiger partial charge in [0, 0.05) is 26.7 Å². The monoisotopic (exact) mass is 513 g/mol. The molecular weight excluding hydrogens is 490 g/mol. The van der Waals surface area contributed by atoms with Gasteiger partial charge in [0.15, 0.2) is 0 Å². The number of hydrogen-bond acceptors (Lipinski definition) is 5. The molecule has 0 unspecified atom stereocenters. The van der Waals surface area contributed by atoms with Gasteiger partial charge in [-0.05, 0) is 66.1 Å². The summed E-state index contributed by atoms with van der Waals surface area (Å²) < 4.78 is 0. The molecule has 0 saturated heterocycles. The summed E-state index contributed by atoms with van der Waals surface area (Å²) >= 11 is 2.86. The highest BCUT2D eigenvalue weighted by molar-refractivity contribution is 8.00. The molecule has 3 N–H and O–H groups in total. The highest BCUT2D eigenvalue weighted by Gasteiger charge is 2.15. The van der Waals surface area contributed by atoms with Crippen LogP contribution in [0.4, 0.5) is 11.4 Å². The van der Waals surface area contributed by atoms with Gasteiger partial charge in [0.2, 0.25) is 5.91 Å². The fraction of sp³-hybridized carbons (Fsp3) is 0.0357. The summed E-state index contributed by atoms with van der Waals surface area (Å²) in [5, 5.41) is 10.3. The van der Waals surface area contributed by atoms with Crippen molar-refractivity contribution in [1.29, 1.82) is 0 Å². The third kappa shape index (κ3) is 7.43. The zero-order chi connectivity index (χ0) is 25.2. The molecule has 3 amide bonds. The molecule has 0 atom stereocenters. The lowest BCUT2D eigenvalue weighted by molar-refractivity contribution is -0.114. The number of hydrogen-bond donors (Lipinski definition) is 3. The van der Waals surface area contributed by atoms with Gasteiger partial charge in [-0.3, -0.25) is 14.4 Å². The van der Waals surface area contributed by atoms with Crippen molar-refractivity contribution < 1.29 is 14.4 Å². The molecule has 1 heterocycles. The average molecular weight is 514 g/mol.